The molecule has 110 valence electrons. The van der Waals surface area contributed by atoms with Gasteiger partial charge in [0.15, 0.2) is 5.82 Å². The Kier molecular flexibility index (Phi) is 3.63. The monoisotopic (exact) mass is 278 g/mol. The molecule has 2 fully saturated rings. The highest BCUT2D eigenvalue weighted by atomic mass is 16.5. The molecule has 1 saturated heterocycles. The fourth-order valence-corrected chi connectivity index (χ4v) is 3.18. The Hall–Kier alpha value is -1.59. The van der Waals surface area contributed by atoms with Crippen LogP contribution in [0.25, 0.3) is 0 Å². The molecule has 2 atom stereocenters. The minimum atomic E-state index is -0.244. The van der Waals surface area contributed by atoms with E-state index in [4.69, 9.17) is 4.52 Å². The second-order valence-electron chi connectivity index (χ2n) is 5.94. The first-order valence-electron chi connectivity index (χ1n) is 7.52. The smallest absolute Gasteiger partial charge is 0.318 e. The molecule has 0 unspecified atom stereocenters. The number of hydrogen-bond acceptors (Lipinski definition) is 4. The third kappa shape index (κ3) is 2.51. The molecule has 1 saturated carbocycles. The lowest BCUT2D eigenvalue weighted by atomic mass is 9.79. The number of likely N-dealkylation sites (tertiary alicyclic amines) is 1. The highest BCUT2D eigenvalue weighted by molar-refractivity contribution is 5.75. The van der Waals surface area contributed by atoms with E-state index in [2.05, 4.69) is 15.5 Å². The first-order valence-corrected chi connectivity index (χ1v) is 7.52. The van der Waals surface area contributed by atoms with Crippen molar-refractivity contribution < 1.29 is 9.32 Å². The number of aryl methyl sites for hydroxylation is 1. The summed E-state index contributed by atoms with van der Waals surface area (Å²) in [6.07, 6.45) is 6.11. The van der Waals surface area contributed by atoms with Crippen LogP contribution in [0, 0.1) is 12.8 Å². The van der Waals surface area contributed by atoms with Crippen LogP contribution in [0.5, 0.6) is 0 Å². The van der Waals surface area contributed by atoms with Gasteiger partial charge in [-0.05, 0) is 45.4 Å². The van der Waals surface area contributed by atoms with Crippen LogP contribution in [-0.4, -0.2) is 33.7 Å². The van der Waals surface area contributed by atoms with Crippen LogP contribution in [-0.2, 0) is 0 Å². The maximum absolute atomic E-state index is 12.4. The molecule has 0 radical (unpaired) electrons. The SMILES string of the molecule is Cc1noc([C@@H](C)NC(=O)N2CCC[C@H]2C2CCC2)n1. The summed E-state index contributed by atoms with van der Waals surface area (Å²) < 4.78 is 5.10. The Morgan fingerprint density at radius 1 is 1.40 bits per heavy atom. The van der Waals surface area contributed by atoms with Crippen LogP contribution in [0.1, 0.15) is 56.8 Å². The molecule has 6 nitrogen and oxygen atoms in total. The van der Waals surface area contributed by atoms with Gasteiger partial charge in [0.1, 0.15) is 6.04 Å². The molecule has 3 rings (SSSR count). The lowest BCUT2D eigenvalue weighted by Crippen LogP contribution is -2.47. The predicted molar refractivity (Wildman–Crippen MR) is 73.1 cm³/mol. The Labute approximate surface area is 118 Å². The third-order valence-electron chi connectivity index (χ3n) is 4.51. The normalized spacial score (nSPS) is 24.5. The largest absolute Gasteiger partial charge is 0.337 e. The molecule has 1 aliphatic carbocycles. The zero-order valence-electron chi connectivity index (χ0n) is 12.1. The fourth-order valence-electron chi connectivity index (χ4n) is 3.18. The van der Waals surface area contributed by atoms with Crippen molar-refractivity contribution in [3.63, 3.8) is 0 Å². The number of amides is 2. The number of carbonyl (C=O) groups excluding carboxylic acids is 1. The van der Waals surface area contributed by atoms with Crippen LogP contribution >= 0.6 is 0 Å². The maximum atomic E-state index is 12.4. The molecule has 1 aromatic rings. The quantitative estimate of drug-likeness (QED) is 0.921. The molecular weight excluding hydrogens is 256 g/mol. The van der Waals surface area contributed by atoms with Crippen LogP contribution in [0.2, 0.25) is 0 Å². The van der Waals surface area contributed by atoms with Crippen molar-refractivity contribution in [3.8, 4) is 0 Å². The van der Waals surface area contributed by atoms with Crippen LogP contribution in [0.4, 0.5) is 4.79 Å². The molecule has 2 aliphatic rings. The minimum absolute atomic E-state index is 0.00255. The molecule has 1 aliphatic heterocycles. The van der Waals surface area contributed by atoms with Crippen molar-refractivity contribution in [2.24, 2.45) is 5.92 Å². The summed E-state index contributed by atoms with van der Waals surface area (Å²) in [5.41, 5.74) is 0. The second kappa shape index (κ2) is 5.42. The number of urea groups is 1. The van der Waals surface area contributed by atoms with E-state index >= 15 is 0 Å². The molecule has 20 heavy (non-hydrogen) atoms. The molecule has 2 heterocycles. The Morgan fingerprint density at radius 3 is 2.80 bits per heavy atom. The molecule has 1 N–H and O–H groups in total. The summed E-state index contributed by atoms with van der Waals surface area (Å²) in [4.78, 5) is 18.6. The van der Waals surface area contributed by atoms with Crippen LogP contribution in [0.3, 0.4) is 0 Å². The third-order valence-corrected chi connectivity index (χ3v) is 4.51. The standard InChI is InChI=1S/C14H22N4O2/c1-9(13-16-10(2)17-20-13)15-14(19)18-8-4-7-12(18)11-5-3-6-11/h9,11-12H,3-8H2,1-2H3,(H,15,19)/t9-,12+/m1/s1. The van der Waals surface area contributed by atoms with Crippen molar-refractivity contribution in [1.82, 2.24) is 20.4 Å². The van der Waals surface area contributed by atoms with Gasteiger partial charge in [0.25, 0.3) is 0 Å². The van der Waals surface area contributed by atoms with Crippen molar-refractivity contribution in [2.45, 2.75) is 58.0 Å². The van der Waals surface area contributed by atoms with E-state index in [1.165, 1.54) is 19.3 Å². The Balaban J connectivity index is 1.60. The zero-order valence-corrected chi connectivity index (χ0v) is 12.1. The number of aromatic nitrogens is 2. The highest BCUT2D eigenvalue weighted by Gasteiger charge is 2.37. The first kappa shape index (κ1) is 13.4. The second-order valence-corrected chi connectivity index (χ2v) is 5.94. The number of nitrogens with zero attached hydrogens (tertiary/aromatic N) is 3. The average Bonchev–Trinajstić information content (AvgIpc) is 2.96. The molecule has 2 amide bonds. The summed E-state index contributed by atoms with van der Waals surface area (Å²) >= 11 is 0. The lowest BCUT2D eigenvalue weighted by molar-refractivity contribution is 0.136. The van der Waals surface area contributed by atoms with Crippen LogP contribution < -0.4 is 5.32 Å². The Morgan fingerprint density at radius 2 is 2.20 bits per heavy atom. The Bertz CT molecular complexity index is 483. The number of carbonyl (C=O) groups is 1. The topological polar surface area (TPSA) is 71.3 Å². The van der Waals surface area contributed by atoms with E-state index in [9.17, 15) is 4.79 Å². The van der Waals surface area contributed by atoms with Gasteiger partial charge >= 0.3 is 6.03 Å². The van der Waals surface area contributed by atoms with E-state index in [0.717, 1.165) is 19.4 Å². The molecule has 0 bridgehead atoms. The van der Waals surface area contributed by atoms with Gasteiger partial charge in [-0.3, -0.25) is 0 Å². The number of nitrogens with one attached hydrogen (secondary N) is 1. The van der Waals surface area contributed by atoms with E-state index in [1.54, 1.807) is 6.92 Å². The molecule has 0 aromatic carbocycles. The number of rotatable bonds is 3. The van der Waals surface area contributed by atoms with Gasteiger partial charge in [0.2, 0.25) is 5.89 Å². The summed E-state index contributed by atoms with van der Waals surface area (Å²) in [5.74, 6) is 1.77. The molecule has 1 aromatic heterocycles. The maximum Gasteiger partial charge on any atom is 0.318 e. The van der Waals surface area contributed by atoms with E-state index in [1.807, 2.05) is 11.8 Å². The van der Waals surface area contributed by atoms with Crippen molar-refractivity contribution in [3.05, 3.63) is 11.7 Å². The molecule has 6 heteroatoms. The first-order chi connectivity index (χ1) is 9.65. The summed E-state index contributed by atoms with van der Waals surface area (Å²) in [6.45, 7) is 4.51. The predicted octanol–water partition coefficient (Wildman–Crippen LogP) is 2.41. The van der Waals surface area contributed by atoms with Gasteiger partial charge in [-0.25, -0.2) is 4.79 Å². The molecular formula is C14H22N4O2. The van der Waals surface area contributed by atoms with Gasteiger partial charge in [0, 0.05) is 12.6 Å². The van der Waals surface area contributed by atoms with E-state index < -0.39 is 0 Å². The van der Waals surface area contributed by atoms with Gasteiger partial charge in [-0.2, -0.15) is 4.98 Å². The minimum Gasteiger partial charge on any atom is -0.337 e. The number of hydrogen-bond donors (Lipinski definition) is 1. The lowest BCUT2D eigenvalue weighted by Gasteiger charge is -2.37. The van der Waals surface area contributed by atoms with Crippen LogP contribution in [0.15, 0.2) is 4.52 Å². The summed E-state index contributed by atoms with van der Waals surface area (Å²) in [5, 5.41) is 6.73. The van der Waals surface area contributed by atoms with Gasteiger partial charge in [0.05, 0.1) is 0 Å². The van der Waals surface area contributed by atoms with Gasteiger partial charge < -0.3 is 14.7 Å². The molecule has 0 spiro atoms. The van der Waals surface area contributed by atoms with Crippen molar-refractivity contribution in [2.75, 3.05) is 6.54 Å². The van der Waals surface area contributed by atoms with E-state index in [-0.39, 0.29) is 12.1 Å². The zero-order chi connectivity index (χ0) is 14.1. The average molecular weight is 278 g/mol. The fraction of sp³-hybridized carbons (Fsp3) is 0.786. The van der Waals surface area contributed by atoms with Gasteiger partial charge in [-0.15, -0.1) is 0 Å². The van der Waals surface area contributed by atoms with E-state index in [0.29, 0.717) is 23.7 Å². The van der Waals surface area contributed by atoms with Gasteiger partial charge in [-0.1, -0.05) is 11.6 Å². The van der Waals surface area contributed by atoms with Crippen molar-refractivity contribution >= 4 is 6.03 Å². The highest BCUT2D eigenvalue weighted by Crippen LogP contribution is 2.37. The van der Waals surface area contributed by atoms with Crippen molar-refractivity contribution in [1.29, 1.82) is 0 Å². The summed E-state index contributed by atoms with van der Waals surface area (Å²) in [6, 6.07) is 0.189. The summed E-state index contributed by atoms with van der Waals surface area (Å²) in [7, 11) is 0.